The van der Waals surface area contributed by atoms with Gasteiger partial charge in [-0.1, -0.05) is 0 Å². The molecule has 1 aliphatic rings. The fourth-order valence-electron chi connectivity index (χ4n) is 1.17. The van der Waals surface area contributed by atoms with Crippen molar-refractivity contribution in [1.82, 2.24) is 0 Å². The van der Waals surface area contributed by atoms with Gasteiger partial charge in [-0.05, 0) is 0 Å². The molecule has 1 fully saturated rings. The Kier molecular flexibility index (Phi) is 2.80. The van der Waals surface area contributed by atoms with E-state index in [2.05, 4.69) is 0 Å². The molecule has 1 heterocycles. The highest BCUT2D eigenvalue weighted by molar-refractivity contribution is 4.90. The summed E-state index contributed by atoms with van der Waals surface area (Å²) in [6, 6.07) is 0. The van der Waals surface area contributed by atoms with Crippen molar-refractivity contribution in [2.75, 3.05) is 13.2 Å². The van der Waals surface area contributed by atoms with Crippen LogP contribution in [0.25, 0.3) is 0 Å². The van der Waals surface area contributed by atoms with E-state index < -0.39 is 24.4 Å². The van der Waals surface area contributed by atoms with Crippen LogP contribution in [0.2, 0.25) is 0 Å². The molecular formula is C6H13NO4. The highest BCUT2D eigenvalue weighted by Crippen LogP contribution is 2.19. The van der Waals surface area contributed by atoms with Gasteiger partial charge in [0.2, 0.25) is 0 Å². The minimum absolute atomic E-state index is 0.148. The summed E-state index contributed by atoms with van der Waals surface area (Å²) in [5.41, 5.74) is 5.23. The van der Waals surface area contributed by atoms with Gasteiger partial charge in [0.1, 0.15) is 18.3 Å². The molecule has 1 saturated heterocycles. The Bertz CT molecular complexity index is 114. The van der Waals surface area contributed by atoms with E-state index in [1.165, 1.54) is 0 Å². The smallest absolute Gasteiger partial charge is 0.111 e. The number of ether oxygens (including phenoxy) is 1. The lowest BCUT2D eigenvalue weighted by atomic mass is 10.1. The maximum absolute atomic E-state index is 9.19. The van der Waals surface area contributed by atoms with Crippen molar-refractivity contribution < 1.29 is 20.1 Å². The third kappa shape index (κ3) is 1.52. The molecule has 1 aliphatic heterocycles. The molecule has 0 radical (unpaired) electrons. The van der Waals surface area contributed by atoms with E-state index in [0.29, 0.717) is 0 Å². The van der Waals surface area contributed by atoms with Crippen LogP contribution in [0.4, 0.5) is 0 Å². The second-order valence-electron chi connectivity index (χ2n) is 2.61. The lowest BCUT2D eigenvalue weighted by Gasteiger charge is -2.11. The molecule has 5 nitrogen and oxygen atoms in total. The van der Waals surface area contributed by atoms with Crippen molar-refractivity contribution in [1.29, 1.82) is 0 Å². The third-order valence-electron chi connectivity index (χ3n) is 1.87. The molecule has 0 amide bonds. The molecule has 0 spiro atoms. The van der Waals surface area contributed by atoms with Gasteiger partial charge in [0, 0.05) is 6.54 Å². The molecule has 0 saturated carbocycles. The minimum Gasteiger partial charge on any atom is -0.394 e. The van der Waals surface area contributed by atoms with Crippen molar-refractivity contribution in [2.45, 2.75) is 24.4 Å². The first-order valence-electron chi connectivity index (χ1n) is 3.53. The highest BCUT2D eigenvalue weighted by atomic mass is 16.6. The van der Waals surface area contributed by atoms with E-state index in [4.69, 9.17) is 20.7 Å². The Labute approximate surface area is 64.4 Å². The van der Waals surface area contributed by atoms with Crippen LogP contribution in [-0.4, -0.2) is 52.9 Å². The fourth-order valence-corrected chi connectivity index (χ4v) is 1.17. The number of hydrogen-bond acceptors (Lipinski definition) is 5. The average Bonchev–Trinajstić information content (AvgIpc) is 2.30. The lowest BCUT2D eigenvalue weighted by molar-refractivity contribution is -0.0193. The standard InChI is InChI=1S/C6H13NO4/c7-1-3-5(9)6(10)4(2-8)11-3/h3-6,8-10H,1-2,7H2/t3?,4-,5+,6+/m1/s1. The largest absolute Gasteiger partial charge is 0.394 e. The first kappa shape index (κ1) is 8.89. The van der Waals surface area contributed by atoms with E-state index in [1.54, 1.807) is 0 Å². The molecule has 1 unspecified atom stereocenters. The van der Waals surface area contributed by atoms with Crippen LogP contribution in [0.3, 0.4) is 0 Å². The summed E-state index contributed by atoms with van der Waals surface area (Å²) in [7, 11) is 0. The quantitative estimate of drug-likeness (QED) is 0.359. The minimum atomic E-state index is -1.02. The Morgan fingerprint density at radius 1 is 1.18 bits per heavy atom. The van der Waals surface area contributed by atoms with Gasteiger partial charge >= 0.3 is 0 Å². The number of hydrogen-bond donors (Lipinski definition) is 4. The van der Waals surface area contributed by atoms with Crippen molar-refractivity contribution in [3.63, 3.8) is 0 Å². The Morgan fingerprint density at radius 3 is 2.00 bits per heavy atom. The average molecular weight is 163 g/mol. The summed E-state index contributed by atoms with van der Waals surface area (Å²) in [4.78, 5) is 0. The van der Waals surface area contributed by atoms with Crippen molar-refractivity contribution in [3.05, 3.63) is 0 Å². The highest BCUT2D eigenvalue weighted by Gasteiger charge is 2.41. The Balaban J connectivity index is 2.53. The summed E-state index contributed by atoms with van der Waals surface area (Å²) in [6.07, 6.45) is -3.24. The van der Waals surface area contributed by atoms with Gasteiger partial charge in [-0.3, -0.25) is 0 Å². The lowest BCUT2D eigenvalue weighted by Crippen LogP contribution is -2.36. The summed E-state index contributed by atoms with van der Waals surface area (Å²) in [5.74, 6) is 0. The van der Waals surface area contributed by atoms with Crippen LogP contribution in [0.15, 0.2) is 0 Å². The zero-order valence-electron chi connectivity index (χ0n) is 6.05. The van der Waals surface area contributed by atoms with Gasteiger partial charge in [-0.25, -0.2) is 0 Å². The zero-order chi connectivity index (χ0) is 8.43. The zero-order valence-corrected chi connectivity index (χ0v) is 6.05. The number of nitrogens with two attached hydrogens (primary N) is 1. The number of aliphatic hydroxyl groups excluding tert-OH is 3. The summed E-state index contributed by atoms with van der Waals surface area (Å²) >= 11 is 0. The van der Waals surface area contributed by atoms with Crippen molar-refractivity contribution in [2.24, 2.45) is 5.73 Å². The monoisotopic (exact) mass is 163 g/mol. The van der Waals surface area contributed by atoms with Crippen LogP contribution in [0.1, 0.15) is 0 Å². The number of aliphatic hydroxyl groups is 3. The topological polar surface area (TPSA) is 95.9 Å². The van der Waals surface area contributed by atoms with E-state index in [1.807, 2.05) is 0 Å². The Morgan fingerprint density at radius 2 is 1.73 bits per heavy atom. The third-order valence-corrected chi connectivity index (χ3v) is 1.87. The molecular weight excluding hydrogens is 150 g/mol. The van der Waals surface area contributed by atoms with Crippen LogP contribution < -0.4 is 5.73 Å². The molecule has 0 bridgehead atoms. The summed E-state index contributed by atoms with van der Waals surface area (Å²) in [5, 5.41) is 27.0. The van der Waals surface area contributed by atoms with Crippen molar-refractivity contribution >= 4 is 0 Å². The van der Waals surface area contributed by atoms with Crippen LogP contribution in [-0.2, 0) is 4.74 Å². The first-order valence-corrected chi connectivity index (χ1v) is 3.53. The maximum atomic E-state index is 9.19. The normalized spacial score (nSPS) is 44.7. The molecule has 0 aromatic rings. The summed E-state index contributed by atoms with van der Waals surface area (Å²) < 4.78 is 5.01. The molecule has 5 N–H and O–H groups in total. The molecule has 1 rings (SSSR count). The second-order valence-corrected chi connectivity index (χ2v) is 2.61. The van der Waals surface area contributed by atoms with E-state index in [9.17, 15) is 5.11 Å². The Hall–Kier alpha value is -0.200. The predicted molar refractivity (Wildman–Crippen MR) is 36.8 cm³/mol. The van der Waals surface area contributed by atoms with Crippen LogP contribution in [0, 0.1) is 0 Å². The van der Waals surface area contributed by atoms with Gasteiger partial charge in [0.05, 0.1) is 12.7 Å². The van der Waals surface area contributed by atoms with Gasteiger partial charge in [-0.2, -0.15) is 0 Å². The SMILES string of the molecule is NCC1O[C@H](CO)[C@H](O)[C@H]1O. The van der Waals surface area contributed by atoms with E-state index in [0.717, 1.165) is 0 Å². The van der Waals surface area contributed by atoms with Crippen molar-refractivity contribution in [3.8, 4) is 0 Å². The maximum Gasteiger partial charge on any atom is 0.111 e. The molecule has 0 aliphatic carbocycles. The predicted octanol–water partition coefficient (Wildman–Crippen LogP) is -2.57. The van der Waals surface area contributed by atoms with E-state index >= 15 is 0 Å². The second kappa shape index (κ2) is 3.46. The molecule has 0 aromatic heterocycles. The molecule has 0 aromatic carbocycles. The van der Waals surface area contributed by atoms with Gasteiger partial charge in [0.25, 0.3) is 0 Å². The molecule has 5 heteroatoms. The van der Waals surface area contributed by atoms with E-state index in [-0.39, 0.29) is 13.2 Å². The number of rotatable bonds is 2. The van der Waals surface area contributed by atoms with Gasteiger partial charge in [0.15, 0.2) is 0 Å². The first-order chi connectivity index (χ1) is 5.20. The fraction of sp³-hybridized carbons (Fsp3) is 1.00. The van der Waals surface area contributed by atoms with Crippen LogP contribution >= 0.6 is 0 Å². The molecule has 11 heavy (non-hydrogen) atoms. The van der Waals surface area contributed by atoms with Gasteiger partial charge < -0.3 is 25.8 Å². The molecule has 4 atom stereocenters. The molecule has 66 valence electrons. The van der Waals surface area contributed by atoms with Gasteiger partial charge in [-0.15, -0.1) is 0 Å². The van der Waals surface area contributed by atoms with Crippen LogP contribution in [0.5, 0.6) is 0 Å². The summed E-state index contributed by atoms with van der Waals surface area (Å²) in [6.45, 7) is -0.149.